The van der Waals surface area contributed by atoms with Crippen molar-refractivity contribution in [3.63, 3.8) is 0 Å². The number of hydrogen-bond donors (Lipinski definition) is 1. The standard InChI is InChI=1S/C24H22N2O3/c1-28-20-11-8-14(13-21(20)29-2)22-16-9-10-17-15(5-4-12-25-17)24(16)26-18-6-3-7-19(27)23(18)22/h4-5,8-13,22,26H,3,6-7H2,1-2H3/t22-/m0/s1. The van der Waals surface area contributed by atoms with Crippen molar-refractivity contribution in [2.75, 3.05) is 19.5 Å². The Hall–Kier alpha value is -3.34. The normalized spacial score (nSPS) is 18.1. The van der Waals surface area contributed by atoms with Crippen LogP contribution in [0.5, 0.6) is 11.5 Å². The lowest BCUT2D eigenvalue weighted by molar-refractivity contribution is -0.116. The van der Waals surface area contributed by atoms with Crippen molar-refractivity contribution < 1.29 is 14.3 Å². The number of nitrogens with one attached hydrogen (secondary N) is 1. The Bertz CT molecular complexity index is 1170. The minimum Gasteiger partial charge on any atom is -0.493 e. The molecular formula is C24H22N2O3. The van der Waals surface area contributed by atoms with Gasteiger partial charge in [0.1, 0.15) is 0 Å². The number of ether oxygens (including phenoxy) is 2. The van der Waals surface area contributed by atoms with Crippen molar-refractivity contribution in [3.8, 4) is 11.5 Å². The van der Waals surface area contributed by atoms with Gasteiger partial charge in [0.2, 0.25) is 0 Å². The molecule has 1 aliphatic carbocycles. The molecule has 5 nitrogen and oxygen atoms in total. The van der Waals surface area contributed by atoms with Crippen molar-refractivity contribution in [3.05, 3.63) is 71.1 Å². The van der Waals surface area contributed by atoms with Crippen LogP contribution in [0.25, 0.3) is 10.9 Å². The van der Waals surface area contributed by atoms with E-state index in [0.29, 0.717) is 17.9 Å². The number of ketones is 1. The Balaban J connectivity index is 1.77. The van der Waals surface area contributed by atoms with E-state index in [-0.39, 0.29) is 11.7 Å². The van der Waals surface area contributed by atoms with Crippen LogP contribution in [0.3, 0.4) is 0 Å². The summed E-state index contributed by atoms with van der Waals surface area (Å²) in [6.45, 7) is 0. The third-order valence-corrected chi connectivity index (χ3v) is 5.89. The van der Waals surface area contributed by atoms with E-state index in [9.17, 15) is 4.79 Å². The third kappa shape index (κ3) is 2.77. The molecule has 0 saturated carbocycles. The fraction of sp³-hybridized carbons (Fsp3) is 0.250. The number of allylic oxidation sites excluding steroid dienone is 2. The number of carbonyl (C=O) groups excluding carboxylic acids is 1. The minimum absolute atomic E-state index is 0.140. The lowest BCUT2D eigenvalue weighted by Gasteiger charge is -2.34. The first-order valence-corrected chi connectivity index (χ1v) is 9.84. The van der Waals surface area contributed by atoms with E-state index in [2.05, 4.69) is 22.4 Å². The van der Waals surface area contributed by atoms with Crippen molar-refractivity contribution >= 4 is 22.4 Å². The van der Waals surface area contributed by atoms with Gasteiger partial charge < -0.3 is 14.8 Å². The summed E-state index contributed by atoms with van der Waals surface area (Å²) in [4.78, 5) is 17.5. The lowest BCUT2D eigenvalue weighted by Crippen LogP contribution is -2.27. The van der Waals surface area contributed by atoms with Gasteiger partial charge in [-0.25, -0.2) is 0 Å². The van der Waals surface area contributed by atoms with E-state index in [1.807, 2.05) is 30.3 Å². The fourth-order valence-corrected chi connectivity index (χ4v) is 4.56. The Morgan fingerprint density at radius 3 is 2.72 bits per heavy atom. The molecule has 0 fully saturated rings. The Kier molecular flexibility index (Phi) is 4.23. The van der Waals surface area contributed by atoms with E-state index in [4.69, 9.17) is 9.47 Å². The van der Waals surface area contributed by atoms with Gasteiger partial charge in [-0.1, -0.05) is 12.1 Å². The van der Waals surface area contributed by atoms with Crippen molar-refractivity contribution in [2.24, 2.45) is 0 Å². The molecule has 0 amide bonds. The molecule has 1 aliphatic heterocycles. The first-order valence-electron chi connectivity index (χ1n) is 9.84. The quantitative estimate of drug-likeness (QED) is 0.700. The zero-order valence-electron chi connectivity index (χ0n) is 16.5. The number of fused-ring (bicyclic) bond motifs is 3. The summed E-state index contributed by atoms with van der Waals surface area (Å²) in [6, 6.07) is 14.1. The van der Waals surface area contributed by atoms with Crippen molar-refractivity contribution in [1.29, 1.82) is 0 Å². The maximum Gasteiger partial charge on any atom is 0.161 e. The molecule has 0 bridgehead atoms. The van der Waals surface area contributed by atoms with Crippen molar-refractivity contribution in [2.45, 2.75) is 25.2 Å². The SMILES string of the molecule is COc1ccc([C@@H]2C3=C(CCCC3=O)Nc3c2ccc2ncccc32)cc1OC. The molecule has 2 aliphatic rings. The summed E-state index contributed by atoms with van der Waals surface area (Å²) >= 11 is 0. The Morgan fingerprint density at radius 2 is 1.90 bits per heavy atom. The molecule has 1 atom stereocenters. The average Bonchev–Trinajstić information content (AvgIpc) is 2.77. The number of nitrogens with zero attached hydrogens (tertiary/aromatic N) is 1. The number of rotatable bonds is 3. The molecule has 2 heterocycles. The molecule has 1 aromatic heterocycles. The second-order valence-corrected chi connectivity index (χ2v) is 7.44. The molecule has 146 valence electrons. The third-order valence-electron chi connectivity index (χ3n) is 5.89. The minimum atomic E-state index is -0.140. The Morgan fingerprint density at radius 1 is 1.03 bits per heavy atom. The molecule has 5 rings (SSSR count). The van der Waals surface area contributed by atoms with Gasteiger partial charge in [-0.15, -0.1) is 0 Å². The first-order chi connectivity index (χ1) is 14.2. The van der Waals surface area contributed by atoms with Gasteiger partial charge in [-0.05, 0) is 54.3 Å². The predicted molar refractivity (Wildman–Crippen MR) is 113 cm³/mol. The number of Topliss-reactive ketones (excluding diaryl/α,β-unsaturated/α-hetero) is 1. The lowest BCUT2D eigenvalue weighted by atomic mass is 9.75. The number of aromatic nitrogens is 1. The number of benzene rings is 2. The summed E-state index contributed by atoms with van der Waals surface area (Å²) < 4.78 is 10.9. The zero-order chi connectivity index (χ0) is 20.0. The molecular weight excluding hydrogens is 364 g/mol. The highest BCUT2D eigenvalue weighted by Crippen LogP contribution is 2.48. The zero-order valence-corrected chi connectivity index (χ0v) is 16.5. The van der Waals surface area contributed by atoms with Gasteiger partial charge >= 0.3 is 0 Å². The van der Waals surface area contributed by atoms with Crippen LogP contribution in [0.4, 0.5) is 5.69 Å². The van der Waals surface area contributed by atoms with Crippen LogP contribution >= 0.6 is 0 Å². The number of carbonyl (C=O) groups is 1. The summed E-state index contributed by atoms with van der Waals surface area (Å²) in [6.07, 6.45) is 4.15. The highest BCUT2D eigenvalue weighted by Gasteiger charge is 2.36. The van der Waals surface area contributed by atoms with E-state index < -0.39 is 0 Å². The van der Waals surface area contributed by atoms with Crippen LogP contribution in [0.2, 0.25) is 0 Å². The van der Waals surface area contributed by atoms with E-state index in [1.54, 1.807) is 20.4 Å². The van der Waals surface area contributed by atoms with Crippen LogP contribution in [0.1, 0.15) is 36.3 Å². The average molecular weight is 386 g/mol. The van der Waals surface area contributed by atoms with Crippen LogP contribution in [-0.2, 0) is 4.79 Å². The van der Waals surface area contributed by atoms with Crippen molar-refractivity contribution in [1.82, 2.24) is 4.98 Å². The second-order valence-electron chi connectivity index (χ2n) is 7.44. The summed E-state index contributed by atoms with van der Waals surface area (Å²) in [7, 11) is 3.26. The van der Waals surface area contributed by atoms with Gasteiger partial charge in [0.15, 0.2) is 17.3 Å². The van der Waals surface area contributed by atoms with Gasteiger partial charge in [0.05, 0.1) is 25.4 Å². The largest absolute Gasteiger partial charge is 0.493 e. The smallest absolute Gasteiger partial charge is 0.161 e. The van der Waals surface area contributed by atoms with Gasteiger partial charge in [0, 0.05) is 35.2 Å². The second kappa shape index (κ2) is 6.92. The van der Waals surface area contributed by atoms with Crippen LogP contribution < -0.4 is 14.8 Å². The van der Waals surface area contributed by atoms with Gasteiger partial charge in [-0.3, -0.25) is 9.78 Å². The molecule has 0 unspecified atom stereocenters. The van der Waals surface area contributed by atoms with E-state index >= 15 is 0 Å². The molecule has 5 heteroatoms. The fourth-order valence-electron chi connectivity index (χ4n) is 4.56. The molecule has 0 spiro atoms. The number of hydrogen-bond acceptors (Lipinski definition) is 5. The predicted octanol–water partition coefficient (Wildman–Crippen LogP) is 4.82. The number of anilines is 1. The maximum atomic E-state index is 13.0. The number of methoxy groups -OCH3 is 2. The van der Waals surface area contributed by atoms with Gasteiger partial charge in [0.25, 0.3) is 0 Å². The molecule has 29 heavy (non-hydrogen) atoms. The van der Waals surface area contributed by atoms with E-state index in [1.165, 1.54) is 0 Å². The molecule has 0 saturated heterocycles. The molecule has 3 aromatic rings. The highest BCUT2D eigenvalue weighted by atomic mass is 16.5. The van der Waals surface area contributed by atoms with Crippen LogP contribution in [0.15, 0.2) is 59.9 Å². The highest BCUT2D eigenvalue weighted by molar-refractivity contribution is 6.04. The summed E-state index contributed by atoms with van der Waals surface area (Å²) in [5.41, 5.74) is 6.01. The van der Waals surface area contributed by atoms with E-state index in [0.717, 1.165) is 51.8 Å². The van der Waals surface area contributed by atoms with Crippen LogP contribution in [0, 0.1) is 0 Å². The first kappa shape index (κ1) is 17.7. The number of pyridine rings is 1. The maximum absolute atomic E-state index is 13.0. The monoisotopic (exact) mass is 386 g/mol. The van der Waals surface area contributed by atoms with Gasteiger partial charge in [-0.2, -0.15) is 0 Å². The molecule has 1 N–H and O–H groups in total. The van der Waals surface area contributed by atoms with Crippen LogP contribution in [-0.4, -0.2) is 25.0 Å². The molecule has 0 radical (unpaired) electrons. The Labute approximate surface area is 169 Å². The summed E-state index contributed by atoms with van der Waals surface area (Å²) in [5.74, 6) is 1.42. The topological polar surface area (TPSA) is 60.5 Å². The summed E-state index contributed by atoms with van der Waals surface area (Å²) in [5, 5.41) is 4.66. The molecule has 2 aromatic carbocycles.